The number of nitrogens with zero attached hydrogens (tertiary/aromatic N) is 2. The third-order valence-electron chi connectivity index (χ3n) is 3.85. The zero-order valence-corrected chi connectivity index (χ0v) is 14.2. The Kier molecular flexibility index (Phi) is 6.92. The molecule has 0 aromatic rings. The van der Waals surface area contributed by atoms with Crippen LogP contribution in [0.4, 0.5) is 0 Å². The van der Waals surface area contributed by atoms with Gasteiger partial charge in [-0.1, -0.05) is 13.8 Å². The molecule has 1 rings (SSSR count). The van der Waals surface area contributed by atoms with E-state index in [1.54, 1.807) is 0 Å². The Morgan fingerprint density at radius 1 is 0.950 bits per heavy atom. The average Bonchev–Trinajstić information content (AvgIpc) is 2.52. The van der Waals surface area contributed by atoms with E-state index in [2.05, 4.69) is 49.7 Å². The highest BCUT2D eigenvalue weighted by atomic mass is 16.3. The molecule has 0 bridgehead atoms. The van der Waals surface area contributed by atoms with Crippen LogP contribution in [0.1, 0.15) is 41.0 Å². The van der Waals surface area contributed by atoms with Crippen LogP contribution in [0.15, 0.2) is 0 Å². The molecule has 0 aliphatic carbocycles. The minimum absolute atomic E-state index is 0.188. The Balaban J connectivity index is 2.38. The van der Waals surface area contributed by atoms with E-state index in [9.17, 15) is 0 Å². The summed E-state index contributed by atoms with van der Waals surface area (Å²) in [5.74, 6) is 0. The van der Waals surface area contributed by atoms with E-state index < -0.39 is 0 Å². The molecule has 0 radical (unpaired) electrons. The number of hydrogen-bond acceptors (Lipinski definition) is 4. The molecule has 4 heteroatoms. The fourth-order valence-electron chi connectivity index (χ4n) is 2.71. The zero-order valence-electron chi connectivity index (χ0n) is 14.2. The van der Waals surface area contributed by atoms with E-state index in [1.807, 2.05) is 0 Å². The number of rotatable bonds is 6. The van der Waals surface area contributed by atoms with Crippen molar-refractivity contribution < 1.29 is 5.11 Å². The van der Waals surface area contributed by atoms with Crippen molar-refractivity contribution in [1.29, 1.82) is 0 Å². The fraction of sp³-hybridized carbons (Fsp3) is 1.00. The van der Waals surface area contributed by atoms with Gasteiger partial charge < -0.3 is 15.3 Å². The zero-order chi connectivity index (χ0) is 15.2. The number of nitrogens with one attached hydrogen (secondary N) is 1. The molecule has 0 amide bonds. The molecule has 120 valence electrons. The quantitative estimate of drug-likeness (QED) is 0.774. The summed E-state index contributed by atoms with van der Waals surface area (Å²) in [4.78, 5) is 4.96. The van der Waals surface area contributed by atoms with Crippen LogP contribution in [0.2, 0.25) is 0 Å². The van der Waals surface area contributed by atoms with E-state index in [-0.39, 0.29) is 12.1 Å². The largest absolute Gasteiger partial charge is 0.395 e. The first-order chi connectivity index (χ1) is 9.22. The lowest BCUT2D eigenvalue weighted by Crippen LogP contribution is -2.47. The van der Waals surface area contributed by atoms with Crippen LogP contribution in [0, 0.1) is 5.41 Å². The predicted octanol–water partition coefficient (Wildman–Crippen LogP) is 1.40. The van der Waals surface area contributed by atoms with Gasteiger partial charge in [0.15, 0.2) is 0 Å². The summed E-state index contributed by atoms with van der Waals surface area (Å²) < 4.78 is 0. The Morgan fingerprint density at radius 3 is 2.15 bits per heavy atom. The first kappa shape index (κ1) is 17.9. The minimum Gasteiger partial charge on any atom is -0.395 e. The molecule has 1 aliphatic rings. The van der Waals surface area contributed by atoms with Gasteiger partial charge in [-0.3, -0.25) is 4.90 Å². The van der Waals surface area contributed by atoms with Crippen LogP contribution in [0.25, 0.3) is 0 Å². The van der Waals surface area contributed by atoms with Gasteiger partial charge in [-0.15, -0.1) is 0 Å². The SMILES string of the molecule is CC(C)(CNC(C)(C)C)CN1CCCN(CCO)CC1. The Morgan fingerprint density at radius 2 is 1.55 bits per heavy atom. The summed E-state index contributed by atoms with van der Waals surface area (Å²) in [6.45, 7) is 19.2. The van der Waals surface area contributed by atoms with Crippen molar-refractivity contribution in [3.63, 3.8) is 0 Å². The third kappa shape index (κ3) is 7.58. The molecule has 0 aromatic carbocycles. The second kappa shape index (κ2) is 7.74. The lowest BCUT2D eigenvalue weighted by Gasteiger charge is -2.35. The van der Waals surface area contributed by atoms with Crippen LogP contribution in [-0.4, -0.2) is 72.9 Å². The topological polar surface area (TPSA) is 38.7 Å². The molecule has 0 aromatic heterocycles. The number of aliphatic hydroxyl groups excluding tert-OH is 1. The second-order valence-corrected chi connectivity index (χ2v) is 7.96. The van der Waals surface area contributed by atoms with E-state index in [4.69, 9.17) is 5.11 Å². The van der Waals surface area contributed by atoms with Gasteiger partial charge in [-0.25, -0.2) is 0 Å². The van der Waals surface area contributed by atoms with Crippen LogP contribution < -0.4 is 5.32 Å². The molecule has 1 fully saturated rings. The lowest BCUT2D eigenvalue weighted by atomic mass is 9.91. The maximum atomic E-state index is 9.05. The maximum absolute atomic E-state index is 9.05. The number of aliphatic hydroxyl groups is 1. The van der Waals surface area contributed by atoms with Gasteiger partial charge in [-0.05, 0) is 45.7 Å². The van der Waals surface area contributed by atoms with Crippen molar-refractivity contribution in [1.82, 2.24) is 15.1 Å². The van der Waals surface area contributed by atoms with Gasteiger partial charge >= 0.3 is 0 Å². The molecule has 2 N–H and O–H groups in total. The number of β-amino-alcohol motifs (C(OH)–C–C–N with tert-alkyl or cyclic N) is 1. The molecule has 0 atom stereocenters. The molecule has 0 unspecified atom stereocenters. The predicted molar refractivity (Wildman–Crippen MR) is 86.1 cm³/mol. The molecule has 0 saturated carbocycles. The van der Waals surface area contributed by atoms with E-state index in [0.29, 0.717) is 5.41 Å². The average molecular weight is 285 g/mol. The third-order valence-corrected chi connectivity index (χ3v) is 3.85. The molecule has 4 nitrogen and oxygen atoms in total. The van der Waals surface area contributed by atoms with Crippen molar-refractivity contribution in [3.8, 4) is 0 Å². The van der Waals surface area contributed by atoms with E-state index >= 15 is 0 Å². The van der Waals surface area contributed by atoms with E-state index in [1.165, 1.54) is 13.0 Å². The first-order valence-electron chi connectivity index (χ1n) is 8.02. The highest BCUT2D eigenvalue weighted by molar-refractivity contribution is 4.82. The fourth-order valence-corrected chi connectivity index (χ4v) is 2.71. The second-order valence-electron chi connectivity index (χ2n) is 7.96. The van der Waals surface area contributed by atoms with Crippen molar-refractivity contribution in [2.75, 3.05) is 52.4 Å². The standard InChI is InChI=1S/C16H35N3O/c1-15(2,3)17-13-16(4,5)14-19-8-6-7-18(9-10-19)11-12-20/h17,20H,6-14H2,1-5H3. The Bertz CT molecular complexity index is 273. The molecular weight excluding hydrogens is 250 g/mol. The van der Waals surface area contributed by atoms with Crippen LogP contribution in [-0.2, 0) is 0 Å². The van der Waals surface area contributed by atoms with Gasteiger partial charge in [0.25, 0.3) is 0 Å². The highest BCUT2D eigenvalue weighted by Crippen LogP contribution is 2.18. The van der Waals surface area contributed by atoms with Crippen molar-refractivity contribution >= 4 is 0 Å². The molecule has 0 spiro atoms. The Labute approximate surface area is 125 Å². The van der Waals surface area contributed by atoms with Crippen LogP contribution in [0.5, 0.6) is 0 Å². The summed E-state index contributed by atoms with van der Waals surface area (Å²) in [6, 6.07) is 0. The molecule has 20 heavy (non-hydrogen) atoms. The Hall–Kier alpha value is -0.160. The molecule has 1 heterocycles. The van der Waals surface area contributed by atoms with Crippen molar-refractivity contribution in [2.45, 2.75) is 46.6 Å². The molecule has 1 saturated heterocycles. The van der Waals surface area contributed by atoms with Gasteiger partial charge in [0.2, 0.25) is 0 Å². The highest BCUT2D eigenvalue weighted by Gasteiger charge is 2.25. The van der Waals surface area contributed by atoms with Crippen molar-refractivity contribution in [3.05, 3.63) is 0 Å². The van der Waals surface area contributed by atoms with Crippen molar-refractivity contribution in [2.24, 2.45) is 5.41 Å². The van der Waals surface area contributed by atoms with Gasteiger partial charge in [0, 0.05) is 38.3 Å². The molecule has 1 aliphatic heterocycles. The van der Waals surface area contributed by atoms with Gasteiger partial charge in [0.1, 0.15) is 0 Å². The monoisotopic (exact) mass is 285 g/mol. The summed E-state index contributed by atoms with van der Waals surface area (Å²) in [6.07, 6.45) is 1.21. The molecular formula is C16H35N3O. The summed E-state index contributed by atoms with van der Waals surface area (Å²) in [5, 5.41) is 12.7. The number of hydrogen-bond donors (Lipinski definition) is 2. The van der Waals surface area contributed by atoms with Crippen LogP contribution in [0.3, 0.4) is 0 Å². The van der Waals surface area contributed by atoms with E-state index in [0.717, 1.165) is 39.3 Å². The van der Waals surface area contributed by atoms with Gasteiger partial charge in [0.05, 0.1) is 6.61 Å². The first-order valence-corrected chi connectivity index (χ1v) is 8.02. The maximum Gasteiger partial charge on any atom is 0.0558 e. The minimum atomic E-state index is 0.188. The summed E-state index contributed by atoms with van der Waals surface area (Å²) in [5.41, 5.74) is 0.480. The van der Waals surface area contributed by atoms with Crippen LogP contribution >= 0.6 is 0 Å². The smallest absolute Gasteiger partial charge is 0.0558 e. The summed E-state index contributed by atoms with van der Waals surface area (Å²) >= 11 is 0. The normalized spacial score (nSPS) is 20.1. The lowest BCUT2D eigenvalue weighted by molar-refractivity contribution is 0.162. The summed E-state index contributed by atoms with van der Waals surface area (Å²) in [7, 11) is 0. The van der Waals surface area contributed by atoms with Gasteiger partial charge in [-0.2, -0.15) is 0 Å².